The van der Waals surface area contributed by atoms with Gasteiger partial charge in [-0.2, -0.15) is 0 Å². The van der Waals surface area contributed by atoms with Crippen LogP contribution in [0, 0.1) is 11.8 Å². The molecule has 1 saturated carbocycles. The van der Waals surface area contributed by atoms with Gasteiger partial charge < -0.3 is 15.4 Å². The van der Waals surface area contributed by atoms with Gasteiger partial charge in [0.25, 0.3) is 0 Å². The third-order valence-electron chi connectivity index (χ3n) is 4.73. The molecule has 0 spiro atoms. The fraction of sp³-hybridized carbons (Fsp3) is 1.00. The molecule has 1 saturated heterocycles. The number of hydrogen-bond acceptors (Lipinski definition) is 3. The summed E-state index contributed by atoms with van der Waals surface area (Å²) < 4.78 is 5.29. The van der Waals surface area contributed by atoms with Crippen LogP contribution in [0.1, 0.15) is 44.9 Å². The maximum Gasteiger partial charge on any atom is 0.0502 e. The monoisotopic (exact) mass is 254 g/mol. The van der Waals surface area contributed by atoms with Crippen LogP contribution in [0.2, 0.25) is 0 Å². The number of nitrogens with zero attached hydrogens (tertiary/aromatic N) is 1. The minimum absolute atomic E-state index is 0.395. The Morgan fingerprint density at radius 3 is 2.67 bits per heavy atom. The van der Waals surface area contributed by atoms with E-state index in [1.54, 1.807) is 0 Å². The summed E-state index contributed by atoms with van der Waals surface area (Å²) in [5.74, 6) is 1.50. The average Bonchev–Trinajstić information content (AvgIpc) is 2.40. The number of rotatable bonds is 5. The van der Waals surface area contributed by atoms with Crippen molar-refractivity contribution in [3.63, 3.8) is 0 Å². The molecule has 0 bridgehead atoms. The smallest absolute Gasteiger partial charge is 0.0502 e. The van der Waals surface area contributed by atoms with Crippen molar-refractivity contribution in [2.75, 3.05) is 33.4 Å². The highest BCUT2D eigenvalue weighted by Gasteiger charge is 2.25. The maximum atomic E-state index is 6.43. The van der Waals surface area contributed by atoms with Gasteiger partial charge in [-0.3, -0.25) is 0 Å². The van der Waals surface area contributed by atoms with Gasteiger partial charge in [0.05, 0.1) is 6.61 Å². The van der Waals surface area contributed by atoms with Crippen LogP contribution in [0.4, 0.5) is 0 Å². The minimum atomic E-state index is 0.395. The summed E-state index contributed by atoms with van der Waals surface area (Å²) in [6.45, 7) is 4.44. The molecule has 2 rings (SSSR count). The average molecular weight is 254 g/mol. The number of ether oxygens (including phenoxy) is 1. The van der Waals surface area contributed by atoms with Crippen LogP contribution in [-0.2, 0) is 4.74 Å². The second-order valence-corrected chi connectivity index (χ2v) is 6.29. The van der Waals surface area contributed by atoms with Crippen molar-refractivity contribution in [2.24, 2.45) is 17.6 Å². The van der Waals surface area contributed by atoms with Gasteiger partial charge in [-0.05, 0) is 44.1 Å². The summed E-state index contributed by atoms with van der Waals surface area (Å²) in [7, 11) is 1.81. The highest BCUT2D eigenvalue weighted by Crippen LogP contribution is 2.26. The first-order chi connectivity index (χ1) is 8.79. The molecule has 0 aromatic carbocycles. The largest absolute Gasteiger partial charge is 0.384 e. The lowest BCUT2D eigenvalue weighted by Gasteiger charge is -2.36. The summed E-state index contributed by atoms with van der Waals surface area (Å²) in [5.41, 5.74) is 6.43. The standard InChI is InChI=1S/C15H30N2O/c1-18-12-13-6-5-9-17(10-13)11-15(16)14-7-3-2-4-8-14/h13-15H,2-12,16H2,1H3. The first-order valence-corrected chi connectivity index (χ1v) is 7.76. The highest BCUT2D eigenvalue weighted by molar-refractivity contribution is 4.82. The number of piperidine rings is 1. The molecule has 2 aliphatic rings. The van der Waals surface area contributed by atoms with E-state index in [1.807, 2.05) is 7.11 Å². The van der Waals surface area contributed by atoms with Gasteiger partial charge in [0.15, 0.2) is 0 Å². The van der Waals surface area contributed by atoms with Gasteiger partial charge in [-0.1, -0.05) is 19.3 Å². The molecule has 0 aromatic rings. The lowest BCUT2D eigenvalue weighted by Crippen LogP contribution is -2.47. The van der Waals surface area contributed by atoms with E-state index >= 15 is 0 Å². The Hall–Kier alpha value is -0.120. The zero-order chi connectivity index (χ0) is 12.8. The number of methoxy groups -OCH3 is 1. The van der Waals surface area contributed by atoms with Crippen LogP contribution in [0.25, 0.3) is 0 Å². The lowest BCUT2D eigenvalue weighted by molar-refractivity contribution is 0.0824. The second-order valence-electron chi connectivity index (χ2n) is 6.29. The van der Waals surface area contributed by atoms with Gasteiger partial charge in [-0.25, -0.2) is 0 Å². The molecule has 0 radical (unpaired) electrons. The molecule has 2 unspecified atom stereocenters. The molecular formula is C15H30N2O. The first-order valence-electron chi connectivity index (χ1n) is 7.76. The lowest BCUT2D eigenvalue weighted by atomic mass is 9.84. The van der Waals surface area contributed by atoms with E-state index in [-0.39, 0.29) is 0 Å². The van der Waals surface area contributed by atoms with Crippen molar-refractivity contribution >= 4 is 0 Å². The molecular weight excluding hydrogens is 224 g/mol. The third kappa shape index (κ3) is 4.22. The van der Waals surface area contributed by atoms with E-state index < -0.39 is 0 Å². The van der Waals surface area contributed by atoms with Crippen molar-refractivity contribution in [3.05, 3.63) is 0 Å². The zero-order valence-corrected chi connectivity index (χ0v) is 11.9. The summed E-state index contributed by atoms with van der Waals surface area (Å²) in [5, 5.41) is 0. The molecule has 1 aliphatic heterocycles. The van der Waals surface area contributed by atoms with Crippen LogP contribution in [0.5, 0.6) is 0 Å². The normalized spacial score (nSPS) is 29.3. The van der Waals surface area contributed by atoms with E-state index in [1.165, 1.54) is 58.0 Å². The zero-order valence-electron chi connectivity index (χ0n) is 11.9. The predicted molar refractivity (Wildman–Crippen MR) is 75.6 cm³/mol. The van der Waals surface area contributed by atoms with Gasteiger partial charge in [0.2, 0.25) is 0 Å². The predicted octanol–water partition coefficient (Wildman–Crippen LogP) is 2.25. The van der Waals surface area contributed by atoms with Crippen LogP contribution in [0.3, 0.4) is 0 Å². The van der Waals surface area contributed by atoms with Gasteiger partial charge in [0, 0.05) is 26.2 Å². The van der Waals surface area contributed by atoms with E-state index in [0.717, 1.165) is 25.0 Å². The quantitative estimate of drug-likeness (QED) is 0.818. The summed E-state index contributed by atoms with van der Waals surface area (Å²) in [4.78, 5) is 2.58. The molecule has 0 aromatic heterocycles. The van der Waals surface area contributed by atoms with E-state index in [2.05, 4.69) is 4.90 Å². The van der Waals surface area contributed by atoms with E-state index in [9.17, 15) is 0 Å². The fourth-order valence-corrected chi connectivity index (χ4v) is 3.70. The maximum absolute atomic E-state index is 6.43. The first kappa shape index (κ1) is 14.3. The Morgan fingerprint density at radius 2 is 1.94 bits per heavy atom. The molecule has 0 amide bonds. The van der Waals surface area contributed by atoms with Gasteiger partial charge >= 0.3 is 0 Å². The molecule has 2 N–H and O–H groups in total. The van der Waals surface area contributed by atoms with Gasteiger partial charge in [0.1, 0.15) is 0 Å². The van der Waals surface area contributed by atoms with E-state index in [4.69, 9.17) is 10.5 Å². The molecule has 3 nitrogen and oxygen atoms in total. The topological polar surface area (TPSA) is 38.5 Å². The molecule has 1 aliphatic carbocycles. The van der Waals surface area contributed by atoms with Crippen LogP contribution in [-0.4, -0.2) is 44.3 Å². The Kier molecular flexibility index (Phi) is 5.93. The Bertz CT molecular complexity index is 227. The number of nitrogens with two attached hydrogens (primary N) is 1. The van der Waals surface area contributed by atoms with Crippen molar-refractivity contribution in [3.8, 4) is 0 Å². The SMILES string of the molecule is COCC1CCCN(CC(N)C2CCCCC2)C1. The van der Waals surface area contributed by atoms with Crippen molar-refractivity contribution in [1.29, 1.82) is 0 Å². The molecule has 106 valence electrons. The summed E-state index contributed by atoms with van der Waals surface area (Å²) in [6.07, 6.45) is 9.56. The number of hydrogen-bond donors (Lipinski definition) is 1. The molecule has 2 atom stereocenters. The van der Waals surface area contributed by atoms with Crippen LogP contribution >= 0.6 is 0 Å². The summed E-state index contributed by atoms with van der Waals surface area (Å²) >= 11 is 0. The van der Waals surface area contributed by atoms with Crippen molar-refractivity contribution in [2.45, 2.75) is 51.0 Å². The fourth-order valence-electron chi connectivity index (χ4n) is 3.70. The molecule has 3 heteroatoms. The third-order valence-corrected chi connectivity index (χ3v) is 4.73. The van der Waals surface area contributed by atoms with Crippen molar-refractivity contribution < 1.29 is 4.74 Å². The van der Waals surface area contributed by atoms with Crippen molar-refractivity contribution in [1.82, 2.24) is 4.90 Å². The molecule has 1 heterocycles. The van der Waals surface area contributed by atoms with Crippen LogP contribution in [0.15, 0.2) is 0 Å². The summed E-state index contributed by atoms with van der Waals surface area (Å²) in [6, 6.07) is 0.395. The minimum Gasteiger partial charge on any atom is -0.384 e. The Balaban J connectivity index is 1.73. The Morgan fingerprint density at radius 1 is 1.17 bits per heavy atom. The number of likely N-dealkylation sites (tertiary alicyclic amines) is 1. The van der Waals surface area contributed by atoms with Gasteiger partial charge in [-0.15, -0.1) is 0 Å². The van der Waals surface area contributed by atoms with Crippen LogP contribution < -0.4 is 5.73 Å². The van der Waals surface area contributed by atoms with E-state index in [0.29, 0.717) is 6.04 Å². The Labute approximate surface area is 112 Å². The second kappa shape index (κ2) is 7.46. The molecule has 2 fully saturated rings. The molecule has 18 heavy (non-hydrogen) atoms. The highest BCUT2D eigenvalue weighted by atomic mass is 16.5.